The summed E-state index contributed by atoms with van der Waals surface area (Å²) in [5.41, 5.74) is 0.924. The Morgan fingerprint density at radius 3 is 2.31 bits per heavy atom. The maximum absolute atomic E-state index is 13.3. The Balaban J connectivity index is 1.64. The van der Waals surface area contributed by atoms with Crippen molar-refractivity contribution in [2.45, 2.75) is 75.4 Å². The first-order valence-corrected chi connectivity index (χ1v) is 14.8. The third-order valence-corrected chi connectivity index (χ3v) is 9.10. The van der Waals surface area contributed by atoms with Crippen molar-refractivity contribution >= 4 is 37.8 Å². The van der Waals surface area contributed by atoms with Crippen LogP contribution >= 0.6 is 15.9 Å². The molecule has 1 aliphatic carbocycles. The Labute approximate surface area is 223 Å². The maximum atomic E-state index is 13.3. The normalized spacial score (nSPS) is 15.4. The van der Waals surface area contributed by atoms with Crippen molar-refractivity contribution in [2.24, 2.45) is 0 Å². The van der Waals surface area contributed by atoms with Gasteiger partial charge in [-0.25, -0.2) is 12.7 Å². The van der Waals surface area contributed by atoms with E-state index in [2.05, 4.69) is 21.2 Å². The number of benzene rings is 2. The summed E-state index contributed by atoms with van der Waals surface area (Å²) in [6.45, 7) is 2.28. The largest absolute Gasteiger partial charge is 0.352 e. The first-order chi connectivity index (χ1) is 17.2. The van der Waals surface area contributed by atoms with Crippen LogP contribution in [-0.4, -0.2) is 55.1 Å². The highest BCUT2D eigenvalue weighted by atomic mass is 79.9. The standard InChI is InChI=1S/C27H36BrN3O4S/c1-21(27(33)29-24-10-5-3-6-11-24)31(20-22-15-17-23(28)18-16-22)26(32)14-9-19-30(2)36(34,35)25-12-7-4-8-13-25/h4,7-8,12-13,15-18,21,24H,3,5-6,9-11,14,19-20H2,1-2H3,(H,29,33). The molecule has 196 valence electrons. The summed E-state index contributed by atoms with van der Waals surface area (Å²) >= 11 is 3.43. The van der Waals surface area contributed by atoms with E-state index in [9.17, 15) is 18.0 Å². The number of rotatable bonds is 11. The van der Waals surface area contributed by atoms with Gasteiger partial charge in [0, 0.05) is 37.1 Å². The third kappa shape index (κ3) is 7.88. The molecule has 0 bridgehead atoms. The number of carbonyl (C=O) groups is 2. The molecule has 0 radical (unpaired) electrons. The van der Waals surface area contributed by atoms with Crippen LogP contribution in [-0.2, 0) is 26.2 Å². The molecular weight excluding hydrogens is 542 g/mol. The second kappa shape index (κ2) is 13.4. The van der Waals surface area contributed by atoms with Crippen LogP contribution in [0.25, 0.3) is 0 Å². The predicted octanol–water partition coefficient (Wildman–Crippen LogP) is 4.72. The molecule has 1 N–H and O–H groups in total. The number of hydrogen-bond acceptors (Lipinski definition) is 4. The second-order valence-corrected chi connectivity index (χ2v) is 12.4. The van der Waals surface area contributed by atoms with Gasteiger partial charge in [-0.15, -0.1) is 0 Å². The first-order valence-electron chi connectivity index (χ1n) is 12.5. The van der Waals surface area contributed by atoms with Gasteiger partial charge in [-0.1, -0.05) is 65.5 Å². The number of halogens is 1. The number of amides is 2. The van der Waals surface area contributed by atoms with Crippen LogP contribution in [0.5, 0.6) is 0 Å². The summed E-state index contributed by atoms with van der Waals surface area (Å²) in [7, 11) is -2.10. The minimum absolute atomic E-state index is 0.142. The third-order valence-electron chi connectivity index (χ3n) is 6.70. The topological polar surface area (TPSA) is 86.8 Å². The van der Waals surface area contributed by atoms with Gasteiger partial charge in [-0.05, 0) is 56.0 Å². The van der Waals surface area contributed by atoms with Gasteiger partial charge in [0.1, 0.15) is 6.04 Å². The average Bonchev–Trinajstić information content (AvgIpc) is 2.88. The summed E-state index contributed by atoms with van der Waals surface area (Å²) < 4.78 is 27.8. The van der Waals surface area contributed by atoms with Gasteiger partial charge in [0.25, 0.3) is 0 Å². The van der Waals surface area contributed by atoms with E-state index >= 15 is 0 Å². The fourth-order valence-corrected chi connectivity index (χ4v) is 5.92. The minimum Gasteiger partial charge on any atom is -0.352 e. The van der Waals surface area contributed by atoms with Crippen molar-refractivity contribution < 1.29 is 18.0 Å². The highest BCUT2D eigenvalue weighted by Crippen LogP contribution is 2.20. The zero-order chi connectivity index (χ0) is 26.1. The van der Waals surface area contributed by atoms with Crippen molar-refractivity contribution in [3.05, 3.63) is 64.6 Å². The Morgan fingerprint density at radius 1 is 1.03 bits per heavy atom. The molecule has 1 aliphatic rings. The fourth-order valence-electron chi connectivity index (χ4n) is 4.43. The van der Waals surface area contributed by atoms with Crippen molar-refractivity contribution in [3.63, 3.8) is 0 Å². The van der Waals surface area contributed by atoms with Gasteiger partial charge in [-0.2, -0.15) is 0 Å². The Hall–Kier alpha value is -2.23. The molecule has 0 aromatic heterocycles. The molecule has 1 saturated carbocycles. The summed E-state index contributed by atoms with van der Waals surface area (Å²) in [6.07, 6.45) is 5.87. The summed E-state index contributed by atoms with van der Waals surface area (Å²) in [4.78, 5) is 28.2. The van der Waals surface area contributed by atoms with Crippen LogP contribution in [0.1, 0.15) is 57.4 Å². The highest BCUT2D eigenvalue weighted by Gasteiger charge is 2.28. The van der Waals surface area contributed by atoms with Crippen LogP contribution < -0.4 is 5.32 Å². The number of sulfonamides is 1. The molecule has 36 heavy (non-hydrogen) atoms. The smallest absolute Gasteiger partial charge is 0.242 e. The van der Waals surface area contributed by atoms with Crippen LogP contribution in [0.2, 0.25) is 0 Å². The Bertz CT molecular complexity index is 1100. The zero-order valence-corrected chi connectivity index (χ0v) is 23.4. The Morgan fingerprint density at radius 2 is 1.67 bits per heavy atom. The molecule has 1 fully saturated rings. The van der Waals surface area contributed by atoms with E-state index in [4.69, 9.17) is 0 Å². The molecule has 0 spiro atoms. The molecule has 3 rings (SSSR count). The van der Waals surface area contributed by atoms with Gasteiger partial charge >= 0.3 is 0 Å². The van der Waals surface area contributed by atoms with Crippen LogP contribution in [0.4, 0.5) is 0 Å². The van der Waals surface area contributed by atoms with Crippen LogP contribution in [0, 0.1) is 0 Å². The van der Waals surface area contributed by atoms with Crippen molar-refractivity contribution in [1.29, 1.82) is 0 Å². The Kier molecular flexibility index (Phi) is 10.5. The SMILES string of the molecule is CC(C(=O)NC1CCCCC1)N(Cc1ccc(Br)cc1)C(=O)CCCN(C)S(=O)(=O)c1ccccc1. The van der Waals surface area contributed by atoms with Crippen molar-refractivity contribution in [2.75, 3.05) is 13.6 Å². The van der Waals surface area contributed by atoms with E-state index < -0.39 is 16.1 Å². The zero-order valence-electron chi connectivity index (χ0n) is 21.0. The van der Waals surface area contributed by atoms with E-state index in [1.54, 1.807) is 42.2 Å². The molecule has 7 nitrogen and oxygen atoms in total. The van der Waals surface area contributed by atoms with E-state index in [1.807, 2.05) is 24.3 Å². The van der Waals surface area contributed by atoms with Gasteiger partial charge in [0.15, 0.2) is 0 Å². The number of carbonyl (C=O) groups excluding carboxylic acids is 2. The van der Waals surface area contributed by atoms with Gasteiger partial charge in [0.2, 0.25) is 21.8 Å². The molecule has 1 unspecified atom stereocenters. The lowest BCUT2D eigenvalue weighted by molar-refractivity contribution is -0.141. The lowest BCUT2D eigenvalue weighted by Gasteiger charge is -2.31. The monoisotopic (exact) mass is 577 g/mol. The van der Waals surface area contributed by atoms with Crippen molar-refractivity contribution in [3.8, 4) is 0 Å². The number of hydrogen-bond donors (Lipinski definition) is 1. The second-order valence-electron chi connectivity index (χ2n) is 9.41. The number of nitrogens with one attached hydrogen (secondary N) is 1. The van der Waals surface area contributed by atoms with Gasteiger partial charge < -0.3 is 10.2 Å². The number of nitrogens with zero attached hydrogens (tertiary/aromatic N) is 2. The minimum atomic E-state index is -3.62. The lowest BCUT2D eigenvalue weighted by atomic mass is 9.95. The maximum Gasteiger partial charge on any atom is 0.242 e. The summed E-state index contributed by atoms with van der Waals surface area (Å²) in [5, 5.41) is 3.13. The molecule has 1 atom stereocenters. The van der Waals surface area contributed by atoms with E-state index in [1.165, 1.54) is 17.8 Å². The van der Waals surface area contributed by atoms with E-state index in [0.717, 1.165) is 35.7 Å². The van der Waals surface area contributed by atoms with Gasteiger partial charge in [-0.3, -0.25) is 9.59 Å². The van der Waals surface area contributed by atoms with Crippen LogP contribution in [0.3, 0.4) is 0 Å². The summed E-state index contributed by atoms with van der Waals surface area (Å²) in [5.74, 6) is -0.314. The highest BCUT2D eigenvalue weighted by molar-refractivity contribution is 9.10. The molecule has 0 aliphatic heterocycles. The lowest BCUT2D eigenvalue weighted by Crippen LogP contribution is -2.50. The summed E-state index contributed by atoms with van der Waals surface area (Å²) in [6, 6.07) is 15.5. The average molecular weight is 579 g/mol. The molecule has 9 heteroatoms. The molecule has 2 aromatic rings. The first kappa shape index (κ1) is 28.3. The predicted molar refractivity (Wildman–Crippen MR) is 145 cm³/mol. The fraction of sp³-hybridized carbons (Fsp3) is 0.481. The quantitative estimate of drug-likeness (QED) is 0.418. The molecule has 2 aromatic carbocycles. The van der Waals surface area contributed by atoms with Crippen molar-refractivity contribution in [1.82, 2.24) is 14.5 Å². The molecular formula is C27H36BrN3O4S. The van der Waals surface area contributed by atoms with E-state index in [-0.39, 0.29) is 35.7 Å². The van der Waals surface area contributed by atoms with E-state index in [0.29, 0.717) is 13.0 Å². The molecule has 0 saturated heterocycles. The molecule has 2 amide bonds. The van der Waals surface area contributed by atoms with Crippen LogP contribution in [0.15, 0.2) is 64.0 Å². The molecule has 0 heterocycles. The van der Waals surface area contributed by atoms with Gasteiger partial charge in [0.05, 0.1) is 4.90 Å².